The number of fused-ring (bicyclic) bond motifs is 10. The number of hydrogen-bond acceptors (Lipinski definition) is 1. The summed E-state index contributed by atoms with van der Waals surface area (Å²) in [5.41, 5.74) is 13.6. The summed E-state index contributed by atoms with van der Waals surface area (Å²) in [5.74, 6) is 0. The maximum atomic E-state index is 6.29. The quantitative estimate of drug-likeness (QED) is 0.186. The van der Waals surface area contributed by atoms with Crippen LogP contribution in [0.4, 0.5) is 0 Å². The van der Waals surface area contributed by atoms with Gasteiger partial charge in [0.05, 0.1) is 27.8 Å². The summed E-state index contributed by atoms with van der Waals surface area (Å²) < 4.78 is 11.3. The largest absolute Gasteiger partial charge is 0.456 e. The third kappa shape index (κ3) is 4.06. The highest BCUT2D eigenvalue weighted by Crippen LogP contribution is 2.47. The van der Waals surface area contributed by atoms with Gasteiger partial charge in [-0.1, -0.05) is 127 Å². The average molecular weight is 651 g/mol. The minimum atomic E-state index is 0.900. The van der Waals surface area contributed by atoms with Gasteiger partial charge in [-0.3, -0.25) is 0 Å². The summed E-state index contributed by atoms with van der Waals surface area (Å²) in [6.45, 7) is 0. The normalized spacial score (nSPS) is 11.9. The number of benzene rings is 8. The van der Waals surface area contributed by atoms with Crippen molar-refractivity contribution in [3.05, 3.63) is 182 Å². The highest BCUT2D eigenvalue weighted by Gasteiger charge is 2.25. The van der Waals surface area contributed by atoms with Crippen LogP contribution in [0, 0.1) is 0 Å². The Morgan fingerprint density at radius 3 is 1.80 bits per heavy atom. The van der Waals surface area contributed by atoms with Crippen molar-refractivity contribution < 1.29 is 4.42 Å². The Balaban J connectivity index is 1.38. The summed E-state index contributed by atoms with van der Waals surface area (Å²) in [7, 11) is 0. The van der Waals surface area contributed by atoms with Crippen molar-refractivity contribution >= 4 is 65.6 Å². The van der Waals surface area contributed by atoms with Gasteiger partial charge in [0.1, 0.15) is 11.2 Å². The van der Waals surface area contributed by atoms with Gasteiger partial charge < -0.3 is 13.6 Å². The zero-order chi connectivity index (χ0) is 33.5. The van der Waals surface area contributed by atoms with E-state index in [1.165, 1.54) is 60.3 Å². The Morgan fingerprint density at radius 1 is 0.353 bits per heavy atom. The van der Waals surface area contributed by atoms with E-state index < -0.39 is 0 Å². The number of furan rings is 1. The molecule has 3 nitrogen and oxygen atoms in total. The zero-order valence-electron chi connectivity index (χ0n) is 27.6. The number of hydrogen-bond donors (Lipinski definition) is 0. The fourth-order valence-electron chi connectivity index (χ4n) is 8.34. The Bertz CT molecular complexity index is 3130. The minimum Gasteiger partial charge on any atom is -0.456 e. The molecule has 0 amide bonds. The molecule has 3 heterocycles. The van der Waals surface area contributed by atoms with Crippen molar-refractivity contribution in [2.45, 2.75) is 0 Å². The van der Waals surface area contributed by atoms with Gasteiger partial charge in [0.15, 0.2) is 0 Å². The summed E-state index contributed by atoms with van der Waals surface area (Å²) in [4.78, 5) is 0. The third-order valence-corrected chi connectivity index (χ3v) is 10.5. The SMILES string of the molecule is c1ccc(-c2ccccc2-n2c3ccccc3c3c(-c4ccc5oc6ccccc6c5c4)cc4c5ccccc5n(-c5ccccc5)c4c32)cc1. The molecule has 0 aliphatic rings. The molecule has 0 fully saturated rings. The molecule has 3 aromatic heterocycles. The second-order valence-electron chi connectivity index (χ2n) is 13.3. The van der Waals surface area contributed by atoms with E-state index in [0.717, 1.165) is 38.9 Å². The molecule has 0 bridgehead atoms. The minimum absolute atomic E-state index is 0.900. The molecule has 0 aliphatic carbocycles. The molecule has 0 unspecified atom stereocenters. The smallest absolute Gasteiger partial charge is 0.135 e. The highest BCUT2D eigenvalue weighted by molar-refractivity contribution is 6.28. The van der Waals surface area contributed by atoms with Crippen LogP contribution in [0.1, 0.15) is 0 Å². The molecule has 0 saturated carbocycles. The van der Waals surface area contributed by atoms with Crippen LogP contribution in [-0.2, 0) is 0 Å². The van der Waals surface area contributed by atoms with Crippen molar-refractivity contribution in [2.24, 2.45) is 0 Å². The molecule has 11 aromatic rings. The predicted octanol–water partition coefficient (Wildman–Crippen LogP) is 13.1. The van der Waals surface area contributed by atoms with Gasteiger partial charge in [-0.25, -0.2) is 0 Å². The van der Waals surface area contributed by atoms with E-state index in [2.05, 4.69) is 185 Å². The first-order chi connectivity index (χ1) is 25.3. The summed E-state index contributed by atoms with van der Waals surface area (Å²) >= 11 is 0. The fourth-order valence-corrected chi connectivity index (χ4v) is 8.34. The predicted molar refractivity (Wildman–Crippen MR) is 213 cm³/mol. The van der Waals surface area contributed by atoms with Crippen molar-refractivity contribution in [2.75, 3.05) is 0 Å². The first-order valence-electron chi connectivity index (χ1n) is 17.4. The molecule has 0 atom stereocenters. The van der Waals surface area contributed by atoms with Crippen molar-refractivity contribution in [3.8, 4) is 33.6 Å². The lowest BCUT2D eigenvalue weighted by molar-refractivity contribution is 0.669. The monoisotopic (exact) mass is 650 g/mol. The van der Waals surface area contributed by atoms with E-state index in [4.69, 9.17) is 4.42 Å². The van der Waals surface area contributed by atoms with E-state index in [1.807, 2.05) is 6.07 Å². The second-order valence-corrected chi connectivity index (χ2v) is 13.3. The Hall–Kier alpha value is -6.84. The lowest BCUT2D eigenvalue weighted by atomic mass is 9.95. The van der Waals surface area contributed by atoms with Gasteiger partial charge in [-0.2, -0.15) is 0 Å². The molecule has 0 spiro atoms. The molecule has 3 heteroatoms. The Morgan fingerprint density at radius 2 is 0.980 bits per heavy atom. The highest BCUT2D eigenvalue weighted by atomic mass is 16.3. The second kappa shape index (κ2) is 10.8. The van der Waals surface area contributed by atoms with Crippen molar-refractivity contribution in [1.29, 1.82) is 0 Å². The number of aromatic nitrogens is 2. The lowest BCUT2D eigenvalue weighted by Crippen LogP contribution is -2.00. The van der Waals surface area contributed by atoms with Gasteiger partial charge in [-0.15, -0.1) is 0 Å². The molecule has 51 heavy (non-hydrogen) atoms. The number of rotatable bonds is 4. The van der Waals surface area contributed by atoms with Crippen LogP contribution in [0.5, 0.6) is 0 Å². The summed E-state index contributed by atoms with van der Waals surface area (Å²) in [6.07, 6.45) is 0. The van der Waals surface area contributed by atoms with E-state index in [9.17, 15) is 0 Å². The molecular formula is C48H30N2O. The van der Waals surface area contributed by atoms with Gasteiger partial charge in [0.2, 0.25) is 0 Å². The van der Waals surface area contributed by atoms with Crippen LogP contribution in [-0.4, -0.2) is 9.13 Å². The summed E-state index contributed by atoms with van der Waals surface area (Å²) in [5, 5.41) is 7.15. The molecule has 238 valence electrons. The van der Waals surface area contributed by atoms with Crippen molar-refractivity contribution in [1.82, 2.24) is 9.13 Å². The first kappa shape index (κ1) is 28.0. The molecule has 0 N–H and O–H groups in total. The number of para-hydroxylation sites is 5. The van der Waals surface area contributed by atoms with Gasteiger partial charge in [-0.05, 0) is 71.3 Å². The van der Waals surface area contributed by atoms with E-state index >= 15 is 0 Å². The Kier molecular flexibility index (Phi) is 5.96. The lowest BCUT2D eigenvalue weighted by Gasteiger charge is -2.17. The zero-order valence-corrected chi connectivity index (χ0v) is 27.6. The van der Waals surface area contributed by atoms with Gasteiger partial charge in [0.25, 0.3) is 0 Å². The molecule has 8 aromatic carbocycles. The van der Waals surface area contributed by atoms with Crippen LogP contribution in [0.25, 0.3) is 99.2 Å². The van der Waals surface area contributed by atoms with E-state index in [1.54, 1.807) is 0 Å². The van der Waals surface area contributed by atoms with Crippen LogP contribution >= 0.6 is 0 Å². The molecule has 11 rings (SSSR count). The van der Waals surface area contributed by atoms with Crippen LogP contribution in [0.15, 0.2) is 186 Å². The van der Waals surface area contributed by atoms with Crippen LogP contribution < -0.4 is 0 Å². The van der Waals surface area contributed by atoms with Crippen LogP contribution in [0.2, 0.25) is 0 Å². The van der Waals surface area contributed by atoms with Gasteiger partial charge >= 0.3 is 0 Å². The molecular weight excluding hydrogens is 621 g/mol. The van der Waals surface area contributed by atoms with Crippen LogP contribution in [0.3, 0.4) is 0 Å². The van der Waals surface area contributed by atoms with E-state index in [-0.39, 0.29) is 0 Å². The van der Waals surface area contributed by atoms with Crippen molar-refractivity contribution in [3.63, 3.8) is 0 Å². The maximum Gasteiger partial charge on any atom is 0.135 e. The molecule has 0 radical (unpaired) electrons. The molecule has 0 aliphatic heterocycles. The third-order valence-electron chi connectivity index (χ3n) is 10.5. The van der Waals surface area contributed by atoms with Gasteiger partial charge in [0, 0.05) is 43.6 Å². The fraction of sp³-hybridized carbons (Fsp3) is 0. The maximum absolute atomic E-state index is 6.29. The Labute approximate surface area is 293 Å². The molecule has 0 saturated heterocycles. The topological polar surface area (TPSA) is 23.0 Å². The van der Waals surface area contributed by atoms with E-state index in [0.29, 0.717) is 0 Å². The number of nitrogens with zero attached hydrogens (tertiary/aromatic N) is 2. The first-order valence-corrected chi connectivity index (χ1v) is 17.4. The standard InChI is InChI=1S/C48H30N2O/c1-3-15-31(16-4-1)34-19-7-11-23-41(34)50-43-25-13-9-22-37(43)46-38(32-27-28-45-39(29-32)36-21-10-14-26-44(36)51-45)30-40-35-20-8-12-24-42(35)49(47(40)48(46)50)33-17-5-2-6-18-33/h1-30H. The average Bonchev–Trinajstić information content (AvgIpc) is 3.86. The summed E-state index contributed by atoms with van der Waals surface area (Å²) in [6, 6.07) is 65.5.